The Morgan fingerprint density at radius 2 is 1.74 bits per heavy atom. The Morgan fingerprint density at radius 3 is 2.11 bits per heavy atom. The number of amides is 1. The van der Waals surface area contributed by atoms with Crippen LogP contribution in [-0.2, 0) is 4.79 Å². The van der Waals surface area contributed by atoms with Crippen LogP contribution < -0.4 is 4.90 Å². The normalized spacial score (nSPS) is 18.7. The average Bonchev–Trinajstić information content (AvgIpc) is 2.67. The van der Waals surface area contributed by atoms with Gasteiger partial charge in [-0.1, -0.05) is 15.9 Å². The molecule has 9 heteroatoms. The SMILES string of the molecule is O=C1CC(Br)CN1c1c([N+](=O)[O-])cccc1[N+](=O)[O-]. The van der Waals surface area contributed by atoms with E-state index >= 15 is 0 Å². The van der Waals surface area contributed by atoms with E-state index in [-0.39, 0.29) is 29.4 Å². The van der Waals surface area contributed by atoms with Gasteiger partial charge in [0.25, 0.3) is 11.4 Å². The van der Waals surface area contributed by atoms with E-state index in [2.05, 4.69) is 15.9 Å². The van der Waals surface area contributed by atoms with E-state index in [1.807, 2.05) is 0 Å². The van der Waals surface area contributed by atoms with Crippen LogP contribution in [0, 0.1) is 20.2 Å². The summed E-state index contributed by atoms with van der Waals surface area (Å²) < 4.78 is 0. The molecule has 0 aromatic heterocycles. The van der Waals surface area contributed by atoms with Crippen molar-refractivity contribution in [2.75, 3.05) is 11.4 Å². The van der Waals surface area contributed by atoms with E-state index in [1.54, 1.807) is 0 Å². The second kappa shape index (κ2) is 4.92. The topological polar surface area (TPSA) is 107 Å². The number of alkyl halides is 1. The molecule has 1 aliphatic rings. The van der Waals surface area contributed by atoms with Gasteiger partial charge in [-0.15, -0.1) is 0 Å². The van der Waals surface area contributed by atoms with E-state index in [0.29, 0.717) is 0 Å². The molecule has 1 saturated heterocycles. The fourth-order valence-corrected chi connectivity index (χ4v) is 2.54. The Labute approximate surface area is 115 Å². The Morgan fingerprint density at radius 1 is 1.21 bits per heavy atom. The summed E-state index contributed by atoms with van der Waals surface area (Å²) in [7, 11) is 0. The minimum Gasteiger partial charge on any atom is -0.300 e. The van der Waals surface area contributed by atoms with Crippen LogP contribution in [0.1, 0.15) is 6.42 Å². The van der Waals surface area contributed by atoms with Crippen molar-refractivity contribution in [2.24, 2.45) is 0 Å². The molecule has 0 saturated carbocycles. The fourth-order valence-electron chi connectivity index (χ4n) is 1.97. The minimum atomic E-state index is -0.725. The summed E-state index contributed by atoms with van der Waals surface area (Å²) in [5, 5.41) is 21.9. The first-order valence-corrected chi connectivity index (χ1v) is 6.19. The quantitative estimate of drug-likeness (QED) is 0.479. The lowest BCUT2D eigenvalue weighted by atomic mass is 10.2. The molecule has 1 heterocycles. The molecule has 1 aliphatic heterocycles. The van der Waals surface area contributed by atoms with Crippen molar-refractivity contribution < 1.29 is 14.6 Å². The molecular weight excluding hydrogens is 322 g/mol. The van der Waals surface area contributed by atoms with Crippen LogP contribution in [0.2, 0.25) is 0 Å². The Hall–Kier alpha value is -2.03. The van der Waals surface area contributed by atoms with Gasteiger partial charge in [-0.3, -0.25) is 29.9 Å². The molecular formula is C10H8BrN3O5. The van der Waals surface area contributed by atoms with Gasteiger partial charge in [-0.05, 0) is 6.07 Å². The summed E-state index contributed by atoms with van der Waals surface area (Å²) in [6.45, 7) is 0.171. The molecule has 1 aromatic carbocycles. The largest absolute Gasteiger partial charge is 0.300 e. The molecule has 1 aromatic rings. The van der Waals surface area contributed by atoms with Gasteiger partial charge in [0.2, 0.25) is 11.6 Å². The number of anilines is 1. The zero-order valence-corrected chi connectivity index (χ0v) is 11.1. The molecule has 1 atom stereocenters. The molecule has 0 N–H and O–H groups in total. The van der Waals surface area contributed by atoms with Crippen LogP contribution in [0.15, 0.2) is 18.2 Å². The predicted molar refractivity (Wildman–Crippen MR) is 69.4 cm³/mol. The van der Waals surface area contributed by atoms with Crippen molar-refractivity contribution in [1.82, 2.24) is 0 Å². The van der Waals surface area contributed by atoms with Crippen LogP contribution >= 0.6 is 15.9 Å². The van der Waals surface area contributed by atoms with Gasteiger partial charge in [-0.2, -0.15) is 0 Å². The summed E-state index contributed by atoms with van der Waals surface area (Å²) in [4.78, 5) is 33.2. The van der Waals surface area contributed by atoms with Crippen molar-refractivity contribution in [1.29, 1.82) is 0 Å². The predicted octanol–water partition coefficient (Wildman–Crippen LogP) is 2.00. The number of rotatable bonds is 3. The number of nitrogens with zero attached hydrogens (tertiary/aromatic N) is 3. The van der Waals surface area contributed by atoms with Gasteiger partial charge < -0.3 is 0 Å². The number of carbonyl (C=O) groups excluding carboxylic acids is 1. The summed E-state index contributed by atoms with van der Waals surface area (Å²) in [6, 6.07) is 3.53. The average molecular weight is 330 g/mol. The highest BCUT2D eigenvalue weighted by Gasteiger charge is 2.38. The molecule has 0 bridgehead atoms. The zero-order chi connectivity index (χ0) is 14.2. The number of hydrogen-bond acceptors (Lipinski definition) is 5. The van der Waals surface area contributed by atoms with Gasteiger partial charge in [0.05, 0.1) is 9.85 Å². The minimum absolute atomic E-state index is 0.156. The maximum absolute atomic E-state index is 11.8. The molecule has 19 heavy (non-hydrogen) atoms. The second-order valence-electron chi connectivity index (χ2n) is 3.96. The van der Waals surface area contributed by atoms with Crippen molar-refractivity contribution in [3.8, 4) is 0 Å². The standard InChI is InChI=1S/C10H8BrN3O5/c11-6-4-9(15)12(5-6)10-7(13(16)17)2-1-3-8(10)14(18)19/h1-3,6H,4-5H2. The van der Waals surface area contributed by atoms with Gasteiger partial charge >= 0.3 is 0 Å². The van der Waals surface area contributed by atoms with Gasteiger partial charge in [0, 0.05) is 29.9 Å². The number of halogens is 1. The Bertz CT molecular complexity index is 544. The summed E-state index contributed by atoms with van der Waals surface area (Å²) in [6.07, 6.45) is 0.156. The molecule has 2 rings (SSSR count). The fraction of sp³-hybridized carbons (Fsp3) is 0.300. The Kier molecular flexibility index (Phi) is 3.47. The van der Waals surface area contributed by atoms with Gasteiger partial charge in [-0.25, -0.2) is 0 Å². The molecule has 8 nitrogen and oxygen atoms in total. The van der Waals surface area contributed by atoms with Crippen LogP contribution in [0.5, 0.6) is 0 Å². The number of benzene rings is 1. The third kappa shape index (κ3) is 2.41. The summed E-state index contributed by atoms with van der Waals surface area (Å²) >= 11 is 3.24. The first-order valence-electron chi connectivity index (χ1n) is 5.28. The van der Waals surface area contributed by atoms with Crippen molar-refractivity contribution >= 4 is 38.9 Å². The molecule has 0 radical (unpaired) electrons. The maximum Gasteiger partial charge on any atom is 0.300 e. The van der Waals surface area contributed by atoms with E-state index in [1.165, 1.54) is 6.07 Å². The first kappa shape index (κ1) is 13.4. The third-order valence-electron chi connectivity index (χ3n) is 2.73. The van der Waals surface area contributed by atoms with Gasteiger partial charge in [0.1, 0.15) is 0 Å². The van der Waals surface area contributed by atoms with Crippen LogP contribution in [0.4, 0.5) is 17.1 Å². The molecule has 0 aliphatic carbocycles. The first-order chi connectivity index (χ1) is 8.91. The lowest BCUT2D eigenvalue weighted by Gasteiger charge is -2.15. The van der Waals surface area contributed by atoms with Crippen LogP contribution in [0.25, 0.3) is 0 Å². The Balaban J connectivity index is 2.62. The van der Waals surface area contributed by atoms with Crippen molar-refractivity contribution in [3.05, 3.63) is 38.4 Å². The third-order valence-corrected chi connectivity index (χ3v) is 3.35. The smallest absolute Gasteiger partial charge is 0.300 e. The number of carbonyl (C=O) groups is 1. The second-order valence-corrected chi connectivity index (χ2v) is 5.26. The van der Waals surface area contributed by atoms with Crippen molar-refractivity contribution in [3.63, 3.8) is 0 Å². The molecule has 100 valence electrons. The molecule has 1 fully saturated rings. The highest BCUT2D eigenvalue weighted by atomic mass is 79.9. The molecule has 1 amide bonds. The van der Waals surface area contributed by atoms with Crippen LogP contribution in [-0.4, -0.2) is 27.1 Å². The summed E-state index contributed by atoms with van der Waals surface area (Å²) in [5.41, 5.74) is -1.13. The number of nitro benzene ring substituents is 2. The number of hydrogen-bond donors (Lipinski definition) is 0. The zero-order valence-electron chi connectivity index (χ0n) is 9.48. The number of nitro groups is 2. The molecule has 0 spiro atoms. The molecule has 1 unspecified atom stereocenters. The maximum atomic E-state index is 11.8. The lowest BCUT2D eigenvalue weighted by molar-refractivity contribution is -0.392. The van der Waals surface area contributed by atoms with Crippen molar-refractivity contribution in [2.45, 2.75) is 11.2 Å². The summed E-state index contributed by atoms with van der Waals surface area (Å²) in [5.74, 6) is -0.376. The van der Waals surface area contributed by atoms with Gasteiger partial charge in [0.15, 0.2) is 0 Å². The van der Waals surface area contributed by atoms with E-state index in [0.717, 1.165) is 17.0 Å². The highest BCUT2D eigenvalue weighted by molar-refractivity contribution is 9.09. The van der Waals surface area contributed by atoms with Crippen LogP contribution in [0.3, 0.4) is 0 Å². The van der Waals surface area contributed by atoms with E-state index in [4.69, 9.17) is 0 Å². The van der Waals surface area contributed by atoms with E-state index in [9.17, 15) is 25.0 Å². The lowest BCUT2D eigenvalue weighted by Crippen LogP contribution is -2.26. The number of para-hydroxylation sites is 1. The van der Waals surface area contributed by atoms with E-state index < -0.39 is 21.2 Å². The highest BCUT2D eigenvalue weighted by Crippen LogP contribution is 2.39. The monoisotopic (exact) mass is 329 g/mol.